The van der Waals surface area contributed by atoms with Gasteiger partial charge in [0.05, 0.1) is 0 Å². The Morgan fingerprint density at radius 3 is 2.10 bits per heavy atom. The molecule has 160 valence electrons. The highest BCUT2D eigenvalue weighted by Gasteiger charge is 2.59. The summed E-state index contributed by atoms with van der Waals surface area (Å²) in [5.74, 6) is 4.49. The average Bonchev–Trinajstić information content (AvgIpc) is 2.69. The van der Waals surface area contributed by atoms with Crippen LogP contribution in [0.4, 0.5) is 0 Å². The van der Waals surface area contributed by atoms with E-state index >= 15 is 0 Å². The fourth-order valence-corrected chi connectivity index (χ4v) is 6.67. The lowest BCUT2D eigenvalue weighted by molar-refractivity contribution is -0.216. The van der Waals surface area contributed by atoms with E-state index in [-0.39, 0.29) is 18.2 Å². The Labute approximate surface area is 176 Å². The molecule has 1 aromatic carbocycles. The zero-order chi connectivity index (χ0) is 20.6. The van der Waals surface area contributed by atoms with E-state index in [0.29, 0.717) is 23.7 Å². The molecule has 1 unspecified atom stereocenters. The summed E-state index contributed by atoms with van der Waals surface area (Å²) in [6.45, 7) is 8.95. The second-order valence-corrected chi connectivity index (χ2v) is 10.5. The van der Waals surface area contributed by atoms with Gasteiger partial charge in [-0.25, -0.2) is 4.79 Å². The van der Waals surface area contributed by atoms with Crippen molar-refractivity contribution in [3.8, 4) is 5.75 Å². The third kappa shape index (κ3) is 4.20. The maximum absolute atomic E-state index is 12.9. The van der Waals surface area contributed by atoms with Gasteiger partial charge in [-0.3, -0.25) is 0 Å². The summed E-state index contributed by atoms with van der Waals surface area (Å²) < 4.78 is 12.2. The van der Waals surface area contributed by atoms with Crippen LogP contribution in [0.3, 0.4) is 0 Å². The number of esters is 1. The summed E-state index contributed by atoms with van der Waals surface area (Å²) in [5, 5.41) is 0. The van der Waals surface area contributed by atoms with Crippen molar-refractivity contribution in [3.63, 3.8) is 0 Å². The quantitative estimate of drug-likeness (QED) is 0.478. The summed E-state index contributed by atoms with van der Waals surface area (Å²) >= 11 is 0. The minimum absolute atomic E-state index is 0.00875. The van der Waals surface area contributed by atoms with Crippen molar-refractivity contribution in [2.45, 2.75) is 84.2 Å². The lowest BCUT2D eigenvalue weighted by Crippen LogP contribution is -2.60. The molecule has 4 aliphatic rings. The van der Waals surface area contributed by atoms with Crippen LogP contribution in [0, 0.1) is 29.6 Å². The molecule has 0 amide bonds. The first kappa shape index (κ1) is 20.8. The van der Waals surface area contributed by atoms with Gasteiger partial charge in [-0.05, 0) is 98.1 Å². The van der Waals surface area contributed by atoms with Crippen molar-refractivity contribution < 1.29 is 14.3 Å². The molecule has 0 saturated heterocycles. The summed E-state index contributed by atoms with van der Waals surface area (Å²) in [7, 11) is 0. The molecule has 4 aliphatic carbocycles. The van der Waals surface area contributed by atoms with Gasteiger partial charge in [0, 0.05) is 0 Å². The molecule has 3 nitrogen and oxygen atoms in total. The fraction of sp³-hybridized carbons (Fsp3) is 0.731. The smallest absolute Gasteiger partial charge is 0.344 e. The Balaban J connectivity index is 1.40. The molecule has 29 heavy (non-hydrogen) atoms. The molecule has 0 aliphatic heterocycles. The first-order valence-corrected chi connectivity index (χ1v) is 11.8. The number of carbonyl (C=O) groups excluding carboxylic acids is 1. The summed E-state index contributed by atoms with van der Waals surface area (Å²) in [6.07, 6.45) is 8.55. The van der Waals surface area contributed by atoms with E-state index in [2.05, 4.69) is 39.8 Å². The van der Waals surface area contributed by atoms with Crippen molar-refractivity contribution in [3.05, 3.63) is 29.8 Å². The Morgan fingerprint density at radius 2 is 1.59 bits per heavy atom. The third-order valence-electron chi connectivity index (χ3n) is 7.97. The first-order chi connectivity index (χ1) is 13.9. The molecule has 3 heteroatoms. The van der Waals surface area contributed by atoms with Crippen LogP contribution in [0.1, 0.15) is 84.1 Å². The highest BCUT2D eigenvalue weighted by Crippen LogP contribution is 2.61. The zero-order valence-corrected chi connectivity index (χ0v) is 18.7. The van der Waals surface area contributed by atoms with Crippen molar-refractivity contribution in [1.82, 2.24) is 0 Å². The Hall–Kier alpha value is -1.51. The van der Waals surface area contributed by atoms with E-state index in [1.165, 1.54) is 37.7 Å². The van der Waals surface area contributed by atoms with E-state index < -0.39 is 0 Å². The van der Waals surface area contributed by atoms with Gasteiger partial charge in [-0.15, -0.1) is 0 Å². The molecule has 5 rings (SSSR count). The average molecular weight is 399 g/mol. The van der Waals surface area contributed by atoms with Crippen LogP contribution < -0.4 is 4.74 Å². The number of carbonyl (C=O) groups is 1. The van der Waals surface area contributed by atoms with Gasteiger partial charge in [0.2, 0.25) is 0 Å². The van der Waals surface area contributed by atoms with Gasteiger partial charge in [0.15, 0.2) is 6.61 Å². The van der Waals surface area contributed by atoms with E-state index in [9.17, 15) is 4.79 Å². The lowest BCUT2D eigenvalue weighted by atomic mass is 9.48. The second kappa shape index (κ2) is 8.32. The molecule has 1 atom stereocenters. The molecule has 4 saturated carbocycles. The molecule has 0 heterocycles. The second-order valence-electron chi connectivity index (χ2n) is 10.5. The molecule has 4 fully saturated rings. The predicted molar refractivity (Wildman–Crippen MR) is 116 cm³/mol. The van der Waals surface area contributed by atoms with E-state index in [1.54, 1.807) is 0 Å². The summed E-state index contributed by atoms with van der Waals surface area (Å²) in [6, 6.07) is 8.16. The predicted octanol–water partition coefficient (Wildman–Crippen LogP) is 6.36. The number of benzene rings is 1. The van der Waals surface area contributed by atoms with Crippen LogP contribution in [0.15, 0.2) is 24.3 Å². The first-order valence-electron chi connectivity index (χ1n) is 11.8. The van der Waals surface area contributed by atoms with Gasteiger partial charge in [0.1, 0.15) is 11.4 Å². The number of hydrogen-bond acceptors (Lipinski definition) is 3. The SMILES string of the molecule is CCC(C)c1ccc(OCC(=O)OC2(CC(C)C)C3CC4CC(C3)CC2C4)cc1. The minimum Gasteiger partial charge on any atom is -0.482 e. The lowest BCUT2D eigenvalue weighted by Gasteiger charge is -2.60. The monoisotopic (exact) mass is 398 g/mol. The van der Waals surface area contributed by atoms with Crippen LogP contribution in [0.2, 0.25) is 0 Å². The van der Waals surface area contributed by atoms with Gasteiger partial charge in [-0.1, -0.05) is 39.8 Å². The Morgan fingerprint density at radius 1 is 1.00 bits per heavy atom. The molecule has 0 aromatic heterocycles. The van der Waals surface area contributed by atoms with Crippen molar-refractivity contribution >= 4 is 5.97 Å². The summed E-state index contributed by atoms with van der Waals surface area (Å²) in [4.78, 5) is 12.9. The highest BCUT2D eigenvalue weighted by atomic mass is 16.6. The van der Waals surface area contributed by atoms with Crippen molar-refractivity contribution in [2.75, 3.05) is 6.61 Å². The standard InChI is InChI=1S/C26H38O3/c1-5-18(4)21-6-8-24(9-7-21)28-16-25(27)29-26(15-17(2)3)22-11-19-10-20(13-22)14-23(26)12-19/h6-9,17-20,22-23H,5,10-16H2,1-4H3. The van der Waals surface area contributed by atoms with Crippen LogP contribution in [0.5, 0.6) is 5.75 Å². The van der Waals surface area contributed by atoms with Crippen molar-refractivity contribution in [2.24, 2.45) is 29.6 Å². The molecule has 1 aromatic rings. The van der Waals surface area contributed by atoms with Gasteiger partial charge in [-0.2, -0.15) is 0 Å². The topological polar surface area (TPSA) is 35.5 Å². The van der Waals surface area contributed by atoms with E-state index in [1.807, 2.05) is 12.1 Å². The molecular formula is C26H38O3. The zero-order valence-electron chi connectivity index (χ0n) is 18.7. The molecule has 0 N–H and O–H groups in total. The normalized spacial score (nSPS) is 33.7. The van der Waals surface area contributed by atoms with Gasteiger partial charge in [0.25, 0.3) is 0 Å². The highest BCUT2D eigenvalue weighted by molar-refractivity contribution is 5.71. The largest absolute Gasteiger partial charge is 0.482 e. The third-order valence-corrected chi connectivity index (χ3v) is 7.97. The fourth-order valence-electron chi connectivity index (χ4n) is 6.67. The minimum atomic E-state index is -0.248. The molecular weight excluding hydrogens is 360 g/mol. The maximum Gasteiger partial charge on any atom is 0.344 e. The number of hydrogen-bond donors (Lipinski definition) is 0. The van der Waals surface area contributed by atoms with Crippen LogP contribution in [-0.4, -0.2) is 18.2 Å². The van der Waals surface area contributed by atoms with E-state index in [4.69, 9.17) is 9.47 Å². The molecule has 0 spiro atoms. The number of ether oxygens (including phenoxy) is 2. The van der Waals surface area contributed by atoms with Gasteiger partial charge < -0.3 is 9.47 Å². The van der Waals surface area contributed by atoms with Crippen LogP contribution in [-0.2, 0) is 9.53 Å². The van der Waals surface area contributed by atoms with Crippen molar-refractivity contribution in [1.29, 1.82) is 0 Å². The van der Waals surface area contributed by atoms with E-state index in [0.717, 1.165) is 30.4 Å². The summed E-state index contributed by atoms with van der Waals surface area (Å²) in [5.41, 5.74) is 1.06. The Bertz CT molecular complexity index is 677. The van der Waals surface area contributed by atoms with Gasteiger partial charge >= 0.3 is 5.97 Å². The molecule has 0 radical (unpaired) electrons. The maximum atomic E-state index is 12.9. The van der Waals surface area contributed by atoms with Crippen LogP contribution >= 0.6 is 0 Å². The number of rotatable bonds is 8. The molecule has 4 bridgehead atoms. The van der Waals surface area contributed by atoms with Crippen LogP contribution in [0.25, 0.3) is 0 Å². The Kier molecular flexibility index (Phi) is 5.95.